The normalized spacial score (nSPS) is 23.7. The highest BCUT2D eigenvalue weighted by atomic mass is 16.6. The zero-order valence-electron chi connectivity index (χ0n) is 13.7. The molecule has 0 unspecified atom stereocenters. The van der Waals surface area contributed by atoms with Gasteiger partial charge in [-0.15, -0.1) is 0 Å². The molecule has 0 saturated heterocycles. The lowest BCUT2D eigenvalue weighted by Crippen LogP contribution is -2.65. The van der Waals surface area contributed by atoms with Gasteiger partial charge >= 0.3 is 12.1 Å². The number of hydrogen-bond donors (Lipinski definition) is 2. The van der Waals surface area contributed by atoms with Crippen LogP contribution in [-0.4, -0.2) is 34.4 Å². The molecule has 1 aliphatic carbocycles. The largest absolute Gasteiger partial charge is 0.479 e. The first kappa shape index (κ1) is 17.3. The van der Waals surface area contributed by atoms with E-state index in [0.717, 1.165) is 5.56 Å². The van der Waals surface area contributed by atoms with Gasteiger partial charge in [0.05, 0.1) is 12.7 Å². The Kier molecular flexibility index (Phi) is 4.94. The van der Waals surface area contributed by atoms with Crippen LogP contribution < -0.4 is 5.32 Å². The Labute approximate surface area is 135 Å². The minimum Gasteiger partial charge on any atom is -0.479 e. The van der Waals surface area contributed by atoms with Crippen LogP contribution in [0.25, 0.3) is 0 Å². The molecule has 1 aliphatic rings. The van der Waals surface area contributed by atoms with E-state index in [1.807, 2.05) is 30.3 Å². The molecule has 1 amide bonds. The van der Waals surface area contributed by atoms with Gasteiger partial charge in [0.1, 0.15) is 11.1 Å². The van der Waals surface area contributed by atoms with Crippen LogP contribution in [0.4, 0.5) is 4.79 Å². The fourth-order valence-corrected chi connectivity index (χ4v) is 2.45. The Morgan fingerprint density at radius 2 is 1.87 bits per heavy atom. The predicted molar refractivity (Wildman–Crippen MR) is 84.0 cm³/mol. The predicted octanol–water partition coefficient (Wildman–Crippen LogP) is 2.71. The molecule has 6 heteroatoms. The van der Waals surface area contributed by atoms with Crippen LogP contribution in [0.1, 0.15) is 39.2 Å². The summed E-state index contributed by atoms with van der Waals surface area (Å²) in [5, 5.41) is 11.9. The molecule has 0 atom stereocenters. The first-order valence-electron chi connectivity index (χ1n) is 7.60. The molecule has 0 aromatic heterocycles. The number of amides is 1. The van der Waals surface area contributed by atoms with Crippen molar-refractivity contribution in [2.45, 2.75) is 57.5 Å². The number of carboxylic acids is 1. The number of carbonyl (C=O) groups excluding carboxylic acids is 1. The number of nitrogens with one attached hydrogen (secondary N) is 1. The fourth-order valence-electron chi connectivity index (χ4n) is 2.45. The van der Waals surface area contributed by atoms with E-state index in [0.29, 0.717) is 6.61 Å². The molecule has 1 saturated carbocycles. The quantitative estimate of drug-likeness (QED) is 0.871. The third-order valence-corrected chi connectivity index (χ3v) is 3.63. The molecule has 2 N–H and O–H groups in total. The lowest BCUT2D eigenvalue weighted by molar-refractivity contribution is -0.158. The van der Waals surface area contributed by atoms with Crippen LogP contribution in [0.15, 0.2) is 30.3 Å². The standard InChI is InChI=1S/C17H23NO5/c1-16(2,3)23-15(21)18-17(14(19)20)9-13(10-17)22-11-12-7-5-4-6-8-12/h4-8,13H,9-11H2,1-3H3,(H,18,21)(H,19,20)/t13-,17+. The molecule has 1 aromatic carbocycles. The summed E-state index contributed by atoms with van der Waals surface area (Å²) in [6.07, 6.45) is -0.453. The number of carboxylic acid groups (broad SMARTS) is 1. The van der Waals surface area contributed by atoms with Crippen LogP contribution in [0.5, 0.6) is 0 Å². The van der Waals surface area contributed by atoms with Crippen molar-refractivity contribution in [2.75, 3.05) is 0 Å². The van der Waals surface area contributed by atoms with Gasteiger partial charge in [0.25, 0.3) is 0 Å². The van der Waals surface area contributed by atoms with E-state index in [9.17, 15) is 14.7 Å². The highest BCUT2D eigenvalue weighted by Crippen LogP contribution is 2.35. The topological polar surface area (TPSA) is 84.9 Å². The highest BCUT2D eigenvalue weighted by Gasteiger charge is 2.53. The monoisotopic (exact) mass is 321 g/mol. The fraction of sp³-hybridized carbons (Fsp3) is 0.529. The number of benzene rings is 1. The summed E-state index contributed by atoms with van der Waals surface area (Å²) in [6.45, 7) is 5.61. The van der Waals surface area contributed by atoms with Crippen molar-refractivity contribution < 1.29 is 24.2 Å². The SMILES string of the molecule is CC(C)(C)OC(=O)N[C@]1(C(=O)O)C[C@H](OCc2ccccc2)C1. The highest BCUT2D eigenvalue weighted by molar-refractivity contribution is 5.85. The van der Waals surface area contributed by atoms with E-state index in [1.165, 1.54) is 0 Å². The zero-order valence-corrected chi connectivity index (χ0v) is 13.7. The van der Waals surface area contributed by atoms with E-state index < -0.39 is 23.2 Å². The maximum absolute atomic E-state index is 11.8. The molecular weight excluding hydrogens is 298 g/mol. The molecule has 0 radical (unpaired) electrons. The second-order valence-corrected chi connectivity index (χ2v) is 6.84. The summed E-state index contributed by atoms with van der Waals surface area (Å²) < 4.78 is 10.8. The summed E-state index contributed by atoms with van der Waals surface area (Å²) >= 11 is 0. The number of alkyl carbamates (subject to hydrolysis) is 1. The number of aliphatic carboxylic acids is 1. The van der Waals surface area contributed by atoms with Crippen molar-refractivity contribution in [3.05, 3.63) is 35.9 Å². The van der Waals surface area contributed by atoms with Crippen LogP contribution in [0.3, 0.4) is 0 Å². The first-order valence-corrected chi connectivity index (χ1v) is 7.60. The Balaban J connectivity index is 1.85. The smallest absolute Gasteiger partial charge is 0.408 e. The maximum Gasteiger partial charge on any atom is 0.408 e. The van der Waals surface area contributed by atoms with Crippen molar-refractivity contribution in [2.24, 2.45) is 0 Å². The minimum atomic E-state index is -1.30. The van der Waals surface area contributed by atoms with Gasteiger partial charge in [0.2, 0.25) is 0 Å². The van der Waals surface area contributed by atoms with Crippen LogP contribution in [0, 0.1) is 0 Å². The van der Waals surface area contributed by atoms with Gasteiger partial charge in [-0.05, 0) is 26.3 Å². The molecule has 0 spiro atoms. The molecule has 0 aliphatic heterocycles. The Bertz CT molecular complexity index is 558. The number of ether oxygens (including phenoxy) is 2. The summed E-state index contributed by atoms with van der Waals surface area (Å²) in [7, 11) is 0. The lowest BCUT2D eigenvalue weighted by Gasteiger charge is -2.44. The summed E-state index contributed by atoms with van der Waals surface area (Å²) in [6, 6.07) is 9.66. The molecule has 0 bridgehead atoms. The van der Waals surface area contributed by atoms with Gasteiger partial charge < -0.3 is 19.9 Å². The molecule has 1 fully saturated rings. The molecule has 0 heterocycles. The van der Waals surface area contributed by atoms with Gasteiger partial charge in [0.15, 0.2) is 0 Å². The average Bonchev–Trinajstić information content (AvgIpc) is 2.39. The van der Waals surface area contributed by atoms with Crippen LogP contribution in [-0.2, 0) is 20.9 Å². The number of rotatable bonds is 5. The van der Waals surface area contributed by atoms with E-state index in [-0.39, 0.29) is 18.9 Å². The molecular formula is C17H23NO5. The van der Waals surface area contributed by atoms with Crippen molar-refractivity contribution >= 4 is 12.1 Å². The summed E-state index contributed by atoms with van der Waals surface area (Å²) in [5.41, 5.74) is -0.944. The summed E-state index contributed by atoms with van der Waals surface area (Å²) in [4.78, 5) is 23.3. The second kappa shape index (κ2) is 6.58. The van der Waals surface area contributed by atoms with E-state index >= 15 is 0 Å². The third-order valence-electron chi connectivity index (χ3n) is 3.63. The third kappa shape index (κ3) is 4.69. The Hall–Kier alpha value is -2.08. The van der Waals surface area contributed by atoms with E-state index in [4.69, 9.17) is 9.47 Å². The molecule has 6 nitrogen and oxygen atoms in total. The molecule has 1 aromatic rings. The molecule has 23 heavy (non-hydrogen) atoms. The lowest BCUT2D eigenvalue weighted by atomic mass is 9.74. The van der Waals surface area contributed by atoms with Crippen molar-refractivity contribution in [3.8, 4) is 0 Å². The number of carbonyl (C=O) groups is 2. The number of hydrogen-bond acceptors (Lipinski definition) is 4. The first-order chi connectivity index (χ1) is 10.7. The van der Waals surface area contributed by atoms with Gasteiger partial charge in [-0.25, -0.2) is 9.59 Å². The maximum atomic E-state index is 11.8. The zero-order chi connectivity index (χ0) is 17.1. The van der Waals surface area contributed by atoms with Crippen molar-refractivity contribution in [1.82, 2.24) is 5.32 Å². The van der Waals surface area contributed by atoms with E-state index in [1.54, 1.807) is 20.8 Å². The molecule has 2 rings (SSSR count). The van der Waals surface area contributed by atoms with Gasteiger partial charge in [0, 0.05) is 12.8 Å². The Morgan fingerprint density at radius 3 is 2.39 bits per heavy atom. The minimum absolute atomic E-state index is 0.193. The van der Waals surface area contributed by atoms with Gasteiger partial charge in [-0.1, -0.05) is 30.3 Å². The van der Waals surface area contributed by atoms with Gasteiger partial charge in [-0.3, -0.25) is 0 Å². The van der Waals surface area contributed by atoms with Gasteiger partial charge in [-0.2, -0.15) is 0 Å². The summed E-state index contributed by atoms with van der Waals surface area (Å²) in [5.74, 6) is -1.07. The Morgan fingerprint density at radius 1 is 1.26 bits per heavy atom. The van der Waals surface area contributed by atoms with Crippen LogP contribution >= 0.6 is 0 Å². The molecule has 126 valence electrons. The van der Waals surface area contributed by atoms with Crippen LogP contribution in [0.2, 0.25) is 0 Å². The second-order valence-electron chi connectivity index (χ2n) is 6.84. The van der Waals surface area contributed by atoms with Crippen molar-refractivity contribution in [1.29, 1.82) is 0 Å². The average molecular weight is 321 g/mol. The van der Waals surface area contributed by atoms with Crippen molar-refractivity contribution in [3.63, 3.8) is 0 Å². The van der Waals surface area contributed by atoms with E-state index in [2.05, 4.69) is 5.32 Å².